The first-order valence-electron chi connectivity index (χ1n) is 45.7. The summed E-state index contributed by atoms with van der Waals surface area (Å²) >= 11 is 34.5. The highest BCUT2D eigenvalue weighted by molar-refractivity contribution is 7.99. The lowest BCUT2D eigenvalue weighted by atomic mass is 10.1. The molecule has 0 amide bonds. The van der Waals surface area contributed by atoms with Crippen molar-refractivity contribution in [2.24, 2.45) is 26.1 Å². The highest BCUT2D eigenvalue weighted by atomic mass is 35.5. The zero-order valence-electron chi connectivity index (χ0n) is 80.8. The second-order valence-corrected chi connectivity index (χ2v) is 44.8. The van der Waals surface area contributed by atoms with Gasteiger partial charge < -0.3 is 51.3 Å². The van der Waals surface area contributed by atoms with E-state index in [1.54, 1.807) is 117 Å². The number of halogens is 4. The number of carbonyl (C=O) groups excluding carboxylic acids is 1. The van der Waals surface area contributed by atoms with Crippen LogP contribution in [0.15, 0.2) is 87.2 Å². The number of rotatable bonds is 21. The van der Waals surface area contributed by atoms with E-state index >= 15 is 0 Å². The van der Waals surface area contributed by atoms with Crippen LogP contribution in [0.3, 0.4) is 0 Å². The Labute approximate surface area is 862 Å². The number of thioether (sulfide) groups is 1. The predicted octanol–water partition coefficient (Wildman–Crippen LogP) is 24.4. The first-order chi connectivity index (χ1) is 67.8. The van der Waals surface area contributed by atoms with E-state index < -0.39 is 0 Å². The van der Waals surface area contributed by atoms with Crippen LogP contribution in [0.5, 0.6) is 0 Å². The van der Waals surface area contributed by atoms with Crippen molar-refractivity contribution in [3.8, 4) is 0 Å². The number of anilines is 5. The number of thiophene rings is 7. The van der Waals surface area contributed by atoms with Gasteiger partial charge in [0.2, 0.25) is 0 Å². The minimum atomic E-state index is -0.264. The Hall–Kier alpha value is -11.2. The number of ether oxygens (including phenoxy) is 1. The number of aliphatic hydroxyl groups excluding tert-OH is 2. The lowest BCUT2D eigenvalue weighted by Gasteiger charge is -2.09. The number of hydrogen-bond acceptors (Lipinski definition) is 33. The molecule has 0 radical (unpaired) electrons. The van der Waals surface area contributed by atoms with E-state index in [2.05, 4.69) is 141 Å². The highest BCUT2D eigenvalue weighted by Gasteiger charge is 2.30. The van der Waals surface area contributed by atoms with E-state index in [1.807, 2.05) is 142 Å². The maximum absolute atomic E-state index is 13.4. The quantitative estimate of drug-likeness (QED) is 0.0310. The molecule has 22 heterocycles. The van der Waals surface area contributed by atoms with Gasteiger partial charge in [0, 0.05) is 104 Å². The number of aliphatic hydroxyl groups is 2. The number of nitrogens with one attached hydrogen (secondary N) is 6. The molecule has 1 atom stereocenters. The third kappa shape index (κ3) is 20.3. The molecule has 1 saturated heterocycles. The summed E-state index contributed by atoms with van der Waals surface area (Å²) in [6.45, 7) is 34.9. The summed E-state index contributed by atoms with van der Waals surface area (Å²) < 4.78 is 38.7. The lowest BCUT2D eigenvalue weighted by Crippen LogP contribution is -2.30. The number of nitrogens with zero attached hydrogens (tertiary/aromatic N) is 18. The number of aromatic nitrogens is 17. The summed E-state index contributed by atoms with van der Waals surface area (Å²) in [6.07, 6.45) is 2.85. The number of esters is 1. The van der Waals surface area contributed by atoms with E-state index in [-0.39, 0.29) is 31.5 Å². The molecule has 42 heteroatoms. The molecule has 141 heavy (non-hydrogen) atoms. The molecule has 2 aliphatic rings. The fourth-order valence-electron chi connectivity index (χ4n) is 17.8. The average molecular weight is 2120 g/mol. The van der Waals surface area contributed by atoms with Crippen molar-refractivity contribution in [3.63, 3.8) is 0 Å². The Morgan fingerprint density at radius 2 is 0.986 bits per heavy atom. The summed E-state index contributed by atoms with van der Waals surface area (Å²) in [5.74, 6) is 7.89. The van der Waals surface area contributed by atoms with Crippen molar-refractivity contribution in [2.75, 3.05) is 64.5 Å². The van der Waals surface area contributed by atoms with E-state index in [1.165, 1.54) is 61.0 Å². The number of aliphatic imine (C=N–C) groups is 1. The monoisotopic (exact) mass is 2120 g/mol. The third-order valence-corrected chi connectivity index (χ3v) is 35.6. The van der Waals surface area contributed by atoms with Gasteiger partial charge in [-0.3, -0.25) is 33.2 Å². The topological polar surface area (TPSA) is 344 Å². The molecule has 29 nitrogen and oxygen atoms in total. The number of amidine groups is 1. The number of carbonyl (C=O) groups is 1. The maximum atomic E-state index is 13.4. The molecule has 0 bridgehead atoms. The first kappa shape index (κ1) is 100.0. The Morgan fingerprint density at radius 1 is 0.511 bits per heavy atom. The van der Waals surface area contributed by atoms with Gasteiger partial charge in [0.15, 0.2) is 29.1 Å². The number of furan rings is 1. The molecule has 21 aromatic rings. The molecule has 1 aromatic carbocycles. The van der Waals surface area contributed by atoms with Crippen LogP contribution < -0.4 is 31.9 Å². The zero-order chi connectivity index (χ0) is 99.4. The van der Waals surface area contributed by atoms with Crippen molar-refractivity contribution in [3.05, 3.63) is 209 Å². The summed E-state index contributed by atoms with van der Waals surface area (Å²) in [7, 11) is 5.84. The number of aryl methyl sites for hydroxylation is 17. The fraction of sp³-hybridized carbons (Fsp3) is 0.333. The van der Waals surface area contributed by atoms with Gasteiger partial charge in [-0.1, -0.05) is 53.0 Å². The predicted molar refractivity (Wildman–Crippen MR) is 588 cm³/mol. The van der Waals surface area contributed by atoms with Crippen LogP contribution >= 0.6 is 137 Å². The molecule has 23 rings (SSSR count). The molecule has 20 aromatic heterocycles. The van der Waals surface area contributed by atoms with Gasteiger partial charge in [0.25, 0.3) is 0 Å². The number of thiazole rings is 1. The Kier molecular flexibility index (Phi) is 30.1. The molecule has 0 aliphatic carbocycles. The van der Waals surface area contributed by atoms with Gasteiger partial charge in [-0.2, -0.15) is 37.3 Å². The van der Waals surface area contributed by atoms with Gasteiger partial charge in [0.05, 0.1) is 165 Å². The molecule has 2 aliphatic heterocycles. The minimum absolute atomic E-state index is 0.0554. The normalized spacial score (nSPS) is 13.0. The van der Waals surface area contributed by atoms with E-state index in [4.69, 9.17) is 64.1 Å². The number of benzene rings is 1. The van der Waals surface area contributed by atoms with Crippen LogP contribution in [0.4, 0.5) is 33.5 Å². The van der Waals surface area contributed by atoms with Crippen molar-refractivity contribution in [1.29, 1.82) is 0 Å². The van der Waals surface area contributed by atoms with Gasteiger partial charge in [-0.05, 0) is 208 Å². The Bertz CT molecular complexity index is 8190. The SMILES string of the molecule is CCOC(=O)CNC1=NCc2c1sc1nc(C)cc(C)c21.Cc1cc(C)c2c(n1)sc1c(NC3CCSC3)nn(CCO)c12.Cc1cc(C)c2c(n1)sc1c(NCc3scnc3C)nn(CCO)c12.Cc1cc(CNc2nn(C)c3c2sc2nc(C)c(Cl)c(C)c23)ccc1F.Cc1nc2sc3c(NCc4ccco4)nn(C)c3c2c(C)c1Cl.Cc1nc2sc3c(NCc4cccs4)nn(C)c3c2c(C)c1Cl. The summed E-state index contributed by atoms with van der Waals surface area (Å²) in [6, 6.07) is 19.9. The van der Waals surface area contributed by atoms with Crippen LogP contribution in [0.1, 0.15) is 124 Å². The van der Waals surface area contributed by atoms with Gasteiger partial charge in [0.1, 0.15) is 52.9 Å². The molecule has 1 fully saturated rings. The molecular formula is C99H104Cl3FN24O5S9. The van der Waals surface area contributed by atoms with Crippen LogP contribution in [0.2, 0.25) is 15.1 Å². The third-order valence-electron chi connectivity index (χ3n) is 24.4. The van der Waals surface area contributed by atoms with Gasteiger partial charge in [-0.15, -0.1) is 90.7 Å². The first-order valence-corrected chi connectivity index (χ1v) is 54.6. The summed E-state index contributed by atoms with van der Waals surface area (Å²) in [4.78, 5) is 57.8. The van der Waals surface area contributed by atoms with Crippen LogP contribution in [0.25, 0.3) is 112 Å². The van der Waals surface area contributed by atoms with Crippen LogP contribution in [-0.2, 0) is 76.5 Å². The molecule has 0 saturated carbocycles. The van der Waals surface area contributed by atoms with Crippen LogP contribution in [-0.4, -0.2) is 150 Å². The van der Waals surface area contributed by atoms with Crippen molar-refractivity contribution in [2.45, 2.75) is 162 Å². The minimum Gasteiger partial charge on any atom is -0.467 e. The Balaban J connectivity index is 0.000000112. The summed E-state index contributed by atoms with van der Waals surface area (Å²) in [5, 5.41) is 73.4. The molecule has 732 valence electrons. The van der Waals surface area contributed by atoms with Crippen molar-refractivity contribution < 1.29 is 28.6 Å². The number of fused-ring (bicyclic) bond motifs is 18. The van der Waals surface area contributed by atoms with E-state index in [0.29, 0.717) is 62.5 Å². The van der Waals surface area contributed by atoms with E-state index in [0.717, 1.165) is 232 Å². The van der Waals surface area contributed by atoms with Crippen LogP contribution in [0, 0.1) is 103 Å². The zero-order valence-corrected chi connectivity index (χ0v) is 90.5. The molecule has 1 unspecified atom stereocenters. The standard InChI is InChI=1S/C19H18ClFN4S.C17H19N5OS2.C16H15ClN4OS.C16H15ClN4S2.C16H20N4OS2.C15H17N3O2S/c1-9-7-12(5-6-13(9)21)8-22-18-17-16(25(4)24-18)14-10(2)15(20)11(3)23-19(14)26-17;1-9-6-10(2)20-17-13(9)14-15(25-17)16(21-22(14)4-5-23)18-7-12-11(3)19-8-24-12;2*1-8-11-13-14(23-16(11)19-9(2)12(8)17)15(20-21(13)3)18-7-10-5-4-6-22-10;1-9-7-10(2)17-16-12(9)13-14(23-16)15(19-20(13)4-5-21)18-11-3-6-22-8-11;1-4-20-11(19)7-17-14-13-10(6-16-14)12-8(2)5-9(3)18-15(12)21-13/h5-7H,8H2,1-4H3,(H,22,24);6,8,23H,4-5,7H2,1-3H3,(H,18,21);2*4-6H,7H2,1-3H3,(H,18,20);7,11,21H,3-6,8H2,1-2H3,(H,18,19);5H,4,6-7H2,1-3H3,(H,16,17). The van der Waals surface area contributed by atoms with Gasteiger partial charge >= 0.3 is 5.97 Å². The number of hydrogen-bond donors (Lipinski definition) is 8. The lowest BCUT2D eigenvalue weighted by molar-refractivity contribution is -0.141. The smallest absolute Gasteiger partial charge is 0.325 e. The summed E-state index contributed by atoms with van der Waals surface area (Å²) in [5.41, 5.74) is 23.6. The number of pyridine rings is 6. The fourth-order valence-corrected chi connectivity index (χ4v) is 28.3. The average Bonchev–Trinajstić information content (AvgIpc) is 1.60. The second kappa shape index (κ2) is 42.4. The molecule has 0 spiro atoms. The van der Waals surface area contributed by atoms with Gasteiger partial charge in [-0.25, -0.2) is 39.3 Å². The highest BCUT2D eigenvalue weighted by Crippen LogP contribution is 2.48. The van der Waals surface area contributed by atoms with E-state index in [9.17, 15) is 19.4 Å². The molecular weight excluding hydrogens is 2020 g/mol. The van der Waals surface area contributed by atoms with Crippen molar-refractivity contribution >= 4 is 291 Å². The van der Waals surface area contributed by atoms with Crippen molar-refractivity contribution in [1.82, 2.24) is 89.1 Å². The maximum Gasteiger partial charge on any atom is 0.325 e. The Morgan fingerprint density at radius 3 is 1.45 bits per heavy atom. The largest absolute Gasteiger partial charge is 0.467 e. The molecule has 8 N–H and O–H groups in total. The second-order valence-electron chi connectivity index (χ2n) is 34.6.